The van der Waals surface area contributed by atoms with Gasteiger partial charge >= 0.3 is 6.03 Å². The van der Waals surface area contributed by atoms with Crippen LogP contribution in [0.2, 0.25) is 0 Å². The average molecular weight is 332 g/mol. The summed E-state index contributed by atoms with van der Waals surface area (Å²) in [5, 5.41) is 15.6. The van der Waals surface area contributed by atoms with Crippen molar-refractivity contribution in [2.75, 3.05) is 11.9 Å². The summed E-state index contributed by atoms with van der Waals surface area (Å²) in [5.74, 6) is 1.21. The predicted molar refractivity (Wildman–Crippen MR) is 92.1 cm³/mol. The zero-order chi connectivity index (χ0) is 17.4. The van der Waals surface area contributed by atoms with Gasteiger partial charge in [0, 0.05) is 24.2 Å². The molecule has 0 spiro atoms. The number of rotatable bonds is 8. The highest BCUT2D eigenvalue weighted by molar-refractivity contribution is 5.89. The van der Waals surface area contributed by atoms with E-state index in [1.165, 1.54) is 6.26 Å². The fourth-order valence-corrected chi connectivity index (χ4v) is 2.27. The molecule has 2 unspecified atom stereocenters. The maximum Gasteiger partial charge on any atom is 0.319 e. The Morgan fingerprint density at radius 2 is 2.17 bits per heavy atom. The van der Waals surface area contributed by atoms with E-state index in [9.17, 15) is 9.90 Å². The highest BCUT2D eigenvalue weighted by Crippen LogP contribution is 2.19. The second-order valence-electron chi connectivity index (χ2n) is 5.64. The number of furan rings is 1. The fourth-order valence-electron chi connectivity index (χ4n) is 2.27. The number of amides is 2. The summed E-state index contributed by atoms with van der Waals surface area (Å²) in [5.41, 5.74) is 0.653. The van der Waals surface area contributed by atoms with Gasteiger partial charge in [-0.15, -0.1) is 0 Å². The van der Waals surface area contributed by atoms with E-state index in [2.05, 4.69) is 10.6 Å². The van der Waals surface area contributed by atoms with Gasteiger partial charge in [-0.2, -0.15) is 0 Å². The minimum absolute atomic E-state index is 0.218. The lowest BCUT2D eigenvalue weighted by molar-refractivity contribution is 0.130. The molecule has 6 heteroatoms. The number of benzene rings is 1. The first kappa shape index (κ1) is 17.9. The van der Waals surface area contributed by atoms with Gasteiger partial charge in [0.15, 0.2) is 0 Å². The Morgan fingerprint density at radius 1 is 1.33 bits per heavy atom. The van der Waals surface area contributed by atoms with Crippen LogP contribution in [0.25, 0.3) is 0 Å². The summed E-state index contributed by atoms with van der Waals surface area (Å²) in [7, 11) is 0. The highest BCUT2D eigenvalue weighted by atomic mass is 16.5. The molecule has 1 aromatic carbocycles. The maximum absolute atomic E-state index is 12.0. The molecule has 1 aromatic heterocycles. The van der Waals surface area contributed by atoms with Gasteiger partial charge in [0.1, 0.15) is 17.6 Å². The molecule has 24 heavy (non-hydrogen) atoms. The van der Waals surface area contributed by atoms with Crippen LogP contribution < -0.4 is 15.4 Å². The molecular formula is C18H24N2O4. The molecule has 0 bridgehead atoms. The summed E-state index contributed by atoms with van der Waals surface area (Å²) >= 11 is 0. The van der Waals surface area contributed by atoms with E-state index in [0.717, 1.165) is 12.2 Å². The number of aliphatic hydroxyl groups excluding tert-OH is 1. The molecule has 0 aliphatic rings. The minimum Gasteiger partial charge on any atom is -0.494 e. The Kier molecular flexibility index (Phi) is 6.69. The first-order valence-electron chi connectivity index (χ1n) is 8.10. The molecule has 2 rings (SSSR count). The summed E-state index contributed by atoms with van der Waals surface area (Å²) < 4.78 is 10.7. The molecule has 2 amide bonds. The molecule has 2 aromatic rings. The monoisotopic (exact) mass is 332 g/mol. The fraction of sp³-hybridized carbons (Fsp3) is 0.389. The van der Waals surface area contributed by atoms with E-state index < -0.39 is 6.10 Å². The Morgan fingerprint density at radius 3 is 2.88 bits per heavy atom. The van der Waals surface area contributed by atoms with Crippen molar-refractivity contribution in [3.05, 3.63) is 48.4 Å². The van der Waals surface area contributed by atoms with E-state index in [1.807, 2.05) is 26.0 Å². The van der Waals surface area contributed by atoms with Gasteiger partial charge in [0.05, 0.1) is 12.9 Å². The van der Waals surface area contributed by atoms with Gasteiger partial charge in [0.25, 0.3) is 0 Å². The normalized spacial score (nSPS) is 13.1. The Labute approximate surface area is 141 Å². The van der Waals surface area contributed by atoms with Crippen molar-refractivity contribution in [1.82, 2.24) is 5.32 Å². The van der Waals surface area contributed by atoms with Gasteiger partial charge in [-0.1, -0.05) is 13.0 Å². The first-order chi connectivity index (χ1) is 11.6. The van der Waals surface area contributed by atoms with Crippen LogP contribution in [0.4, 0.5) is 10.5 Å². The van der Waals surface area contributed by atoms with Crippen LogP contribution >= 0.6 is 0 Å². The third-order valence-electron chi connectivity index (χ3n) is 3.39. The highest BCUT2D eigenvalue weighted by Gasteiger charge is 2.16. The third-order valence-corrected chi connectivity index (χ3v) is 3.39. The van der Waals surface area contributed by atoms with Crippen molar-refractivity contribution in [3.63, 3.8) is 0 Å². The standard InChI is InChI=1S/C18H24N2O4/c1-3-9-23-15-7-4-6-14(12-15)20-18(22)19-13(2)11-16(21)17-8-5-10-24-17/h4-8,10,12-13,16,21H,3,9,11H2,1-2H3,(H2,19,20,22). The molecule has 0 saturated carbocycles. The zero-order valence-corrected chi connectivity index (χ0v) is 14.0. The van der Waals surface area contributed by atoms with Crippen molar-refractivity contribution < 1.29 is 19.1 Å². The molecule has 6 nitrogen and oxygen atoms in total. The molecule has 1 heterocycles. The maximum atomic E-state index is 12.0. The zero-order valence-electron chi connectivity index (χ0n) is 14.0. The van der Waals surface area contributed by atoms with Crippen molar-refractivity contribution in [1.29, 1.82) is 0 Å². The Hall–Kier alpha value is -2.47. The van der Waals surface area contributed by atoms with Crippen LogP contribution in [0.5, 0.6) is 5.75 Å². The Bertz CT molecular complexity index is 628. The largest absolute Gasteiger partial charge is 0.494 e. The number of ether oxygens (including phenoxy) is 1. The van der Waals surface area contributed by atoms with Crippen LogP contribution in [0, 0.1) is 0 Å². The number of aliphatic hydroxyl groups is 1. The van der Waals surface area contributed by atoms with Gasteiger partial charge < -0.3 is 24.9 Å². The lowest BCUT2D eigenvalue weighted by atomic mass is 10.1. The minimum atomic E-state index is -0.749. The molecule has 0 saturated heterocycles. The van der Waals surface area contributed by atoms with E-state index in [4.69, 9.17) is 9.15 Å². The number of hydrogen-bond donors (Lipinski definition) is 3. The van der Waals surface area contributed by atoms with Gasteiger partial charge in [-0.25, -0.2) is 4.79 Å². The van der Waals surface area contributed by atoms with Crippen LogP contribution in [0.3, 0.4) is 0 Å². The molecule has 0 radical (unpaired) electrons. The van der Waals surface area contributed by atoms with E-state index in [0.29, 0.717) is 24.5 Å². The van der Waals surface area contributed by atoms with Gasteiger partial charge in [-0.05, 0) is 37.6 Å². The number of anilines is 1. The van der Waals surface area contributed by atoms with Crippen molar-refractivity contribution >= 4 is 11.7 Å². The van der Waals surface area contributed by atoms with E-state index in [-0.39, 0.29) is 12.1 Å². The SMILES string of the molecule is CCCOc1cccc(NC(=O)NC(C)CC(O)c2ccco2)c1. The van der Waals surface area contributed by atoms with Crippen LogP contribution in [0.15, 0.2) is 47.1 Å². The quantitative estimate of drug-likeness (QED) is 0.688. The van der Waals surface area contributed by atoms with E-state index in [1.54, 1.807) is 24.3 Å². The second kappa shape index (κ2) is 8.98. The lowest BCUT2D eigenvalue weighted by Crippen LogP contribution is -2.37. The molecule has 0 aliphatic carbocycles. The topological polar surface area (TPSA) is 83.7 Å². The molecule has 2 atom stereocenters. The summed E-state index contributed by atoms with van der Waals surface area (Å²) in [6, 6.07) is 10.1. The molecule has 3 N–H and O–H groups in total. The summed E-state index contributed by atoms with van der Waals surface area (Å²) in [6.07, 6.45) is 2.05. The van der Waals surface area contributed by atoms with Crippen LogP contribution in [0.1, 0.15) is 38.6 Å². The number of carbonyl (C=O) groups excluding carboxylic acids is 1. The third kappa shape index (κ3) is 5.62. The van der Waals surface area contributed by atoms with Gasteiger partial charge in [0.2, 0.25) is 0 Å². The number of carbonyl (C=O) groups is 1. The van der Waals surface area contributed by atoms with Crippen LogP contribution in [-0.4, -0.2) is 23.8 Å². The molecular weight excluding hydrogens is 308 g/mol. The summed E-state index contributed by atoms with van der Waals surface area (Å²) in [4.78, 5) is 12.0. The van der Waals surface area contributed by atoms with Crippen molar-refractivity contribution in [2.24, 2.45) is 0 Å². The first-order valence-corrected chi connectivity index (χ1v) is 8.10. The second-order valence-corrected chi connectivity index (χ2v) is 5.64. The van der Waals surface area contributed by atoms with E-state index >= 15 is 0 Å². The molecule has 0 fully saturated rings. The number of urea groups is 1. The summed E-state index contributed by atoms with van der Waals surface area (Å²) in [6.45, 7) is 4.50. The van der Waals surface area contributed by atoms with Crippen LogP contribution in [-0.2, 0) is 0 Å². The van der Waals surface area contributed by atoms with Gasteiger partial charge in [-0.3, -0.25) is 0 Å². The number of hydrogen-bond acceptors (Lipinski definition) is 4. The number of nitrogens with one attached hydrogen (secondary N) is 2. The molecule has 130 valence electrons. The smallest absolute Gasteiger partial charge is 0.319 e. The lowest BCUT2D eigenvalue weighted by Gasteiger charge is -2.17. The average Bonchev–Trinajstić information content (AvgIpc) is 3.07. The Balaban J connectivity index is 1.81. The predicted octanol–water partition coefficient (Wildman–Crippen LogP) is 3.70. The van der Waals surface area contributed by atoms with Crippen molar-refractivity contribution in [3.8, 4) is 5.75 Å². The molecule has 0 aliphatic heterocycles. The van der Waals surface area contributed by atoms with Crippen molar-refractivity contribution in [2.45, 2.75) is 38.8 Å².